The van der Waals surface area contributed by atoms with E-state index in [0.29, 0.717) is 19.0 Å². The van der Waals surface area contributed by atoms with Crippen molar-refractivity contribution in [2.24, 2.45) is 28.6 Å². The zero-order chi connectivity index (χ0) is 27.7. The maximum Gasteiger partial charge on any atom is 0.454 e. The van der Waals surface area contributed by atoms with Gasteiger partial charge in [0.05, 0.1) is 27.3 Å². The van der Waals surface area contributed by atoms with Gasteiger partial charge in [0.15, 0.2) is 13.6 Å². The highest BCUT2D eigenvalue weighted by Gasteiger charge is 2.81. The lowest BCUT2D eigenvalue weighted by Gasteiger charge is -2.65. The number of halogens is 2. The first kappa shape index (κ1) is 26.2. The minimum Gasteiger partial charge on any atom is -0.391 e. The number of aliphatic hydroxyl groups excluding tert-OH is 1. The maximum atomic E-state index is 12.2. The molecule has 11 heteroatoms. The van der Waals surface area contributed by atoms with Crippen molar-refractivity contribution in [1.29, 1.82) is 0 Å². The summed E-state index contributed by atoms with van der Waals surface area (Å²) in [5.41, 5.74) is 2.00. The van der Waals surface area contributed by atoms with E-state index in [-0.39, 0.29) is 36.8 Å². The van der Waals surface area contributed by atoms with Gasteiger partial charge in [0.1, 0.15) is 24.6 Å². The second-order valence-corrected chi connectivity index (χ2v) is 14.8. The Hall–Kier alpha value is -1.40. The summed E-state index contributed by atoms with van der Waals surface area (Å²) in [4.78, 5) is 8.09. The molecule has 8 rings (SSSR count). The van der Waals surface area contributed by atoms with Gasteiger partial charge in [-0.2, -0.15) is 0 Å². The van der Waals surface area contributed by atoms with Crippen LogP contribution in [0.3, 0.4) is 0 Å². The third-order valence-corrected chi connectivity index (χ3v) is 13.1. The van der Waals surface area contributed by atoms with Crippen LogP contribution >= 0.6 is 27.5 Å². The Morgan fingerprint density at radius 1 is 1.15 bits per heavy atom. The molecule has 2 N–H and O–H groups in total. The summed E-state index contributed by atoms with van der Waals surface area (Å²) in [7, 11) is 0. The molecule has 4 heterocycles. The van der Waals surface area contributed by atoms with Crippen LogP contribution in [0, 0.1) is 28.6 Å². The van der Waals surface area contributed by atoms with Crippen LogP contribution in [0.15, 0.2) is 28.6 Å². The van der Waals surface area contributed by atoms with Gasteiger partial charge < -0.3 is 24.1 Å². The predicted octanol–water partition coefficient (Wildman–Crippen LogP) is 4.05. The molecule has 3 saturated carbocycles. The molecule has 40 heavy (non-hydrogen) atoms. The van der Waals surface area contributed by atoms with Gasteiger partial charge in [-0.3, -0.25) is 0 Å². The standard InChI is InChI=1S/C29H34BrClN4O5/c1-16-6-21-20-5-4-18-7-22-17(12-35(34-22)24-32-10-19(30)11-33-24)8-25(18,2)28(20,31)23(36)9-26(21,3)29(16)27(39-15-40-29)13-37-14-38-27/h7,10-12,16,20-21,23,36H,4-6,8-9,13-15H2,1-3H3/p+1/t16-,20+,21+,23+,25+,26+,27?,28+,29-/m1/s1. The van der Waals surface area contributed by atoms with Crippen molar-refractivity contribution in [3.63, 3.8) is 0 Å². The number of ether oxygens (including phenoxy) is 4. The van der Waals surface area contributed by atoms with Gasteiger partial charge in [-0.1, -0.05) is 36.3 Å². The first-order valence-electron chi connectivity index (χ1n) is 14.3. The molecule has 9 atom stereocenters. The largest absolute Gasteiger partial charge is 0.454 e. The van der Waals surface area contributed by atoms with E-state index in [1.165, 1.54) is 5.57 Å². The molecule has 2 aliphatic heterocycles. The van der Waals surface area contributed by atoms with Crippen molar-refractivity contribution in [3.05, 3.63) is 39.9 Å². The fourth-order valence-electron chi connectivity index (χ4n) is 10.2. The summed E-state index contributed by atoms with van der Waals surface area (Å²) in [5.74, 6) is 0.151. The zero-order valence-corrected chi connectivity index (χ0v) is 25.3. The van der Waals surface area contributed by atoms with E-state index in [2.05, 4.69) is 64.0 Å². The number of rotatable bonds is 1. The molecular weight excluding hydrogens is 600 g/mol. The third-order valence-electron chi connectivity index (χ3n) is 11.7. The second-order valence-electron chi connectivity index (χ2n) is 13.2. The Morgan fingerprint density at radius 2 is 1.93 bits per heavy atom. The van der Waals surface area contributed by atoms with Crippen LogP contribution in [-0.2, 0) is 25.4 Å². The van der Waals surface area contributed by atoms with E-state index in [1.54, 1.807) is 12.4 Å². The quantitative estimate of drug-likeness (QED) is 0.361. The van der Waals surface area contributed by atoms with Gasteiger partial charge in [0.25, 0.3) is 0 Å². The Kier molecular flexibility index (Phi) is 5.49. The second kappa shape index (κ2) is 8.36. The molecule has 5 fully saturated rings. The summed E-state index contributed by atoms with van der Waals surface area (Å²) in [5, 5.41) is 15.7. The molecule has 2 saturated heterocycles. The molecule has 0 aromatic carbocycles. The topological polar surface area (TPSA) is 103 Å². The van der Waals surface area contributed by atoms with E-state index >= 15 is 0 Å². The monoisotopic (exact) mass is 633 g/mol. The Labute approximate surface area is 246 Å². The minimum atomic E-state index is -0.945. The van der Waals surface area contributed by atoms with Crippen LogP contribution in [0.5, 0.6) is 0 Å². The Bertz CT molecular complexity index is 1410. The first-order valence-corrected chi connectivity index (χ1v) is 15.4. The highest BCUT2D eigenvalue weighted by molar-refractivity contribution is 9.10. The SMILES string of the molecule is C[C@@H]1C[C@H]2[C@@H]3CCC4=Cc5[nH][n+](-c6ncc(Br)cn6)cc5C[C@]4(C)[C@@]3(Cl)[C@@H](O)C[C@]2(C)[C@]12OCOC21COCO1. The van der Waals surface area contributed by atoms with Crippen LogP contribution in [0.25, 0.3) is 12.0 Å². The number of nitrogens with one attached hydrogen (secondary N) is 1. The number of allylic oxidation sites excluding steroid dienone is 1. The van der Waals surface area contributed by atoms with Gasteiger partial charge in [0, 0.05) is 16.4 Å². The molecule has 1 unspecified atom stereocenters. The molecule has 6 aliphatic rings. The molecule has 214 valence electrons. The van der Waals surface area contributed by atoms with Crippen LogP contribution in [0.1, 0.15) is 57.7 Å². The van der Waals surface area contributed by atoms with Crippen LogP contribution in [0.4, 0.5) is 0 Å². The van der Waals surface area contributed by atoms with E-state index < -0.39 is 27.8 Å². The molecular formula is C29H35BrClN4O5+. The number of hydrogen-bond acceptors (Lipinski definition) is 7. The van der Waals surface area contributed by atoms with Crippen molar-refractivity contribution < 1.29 is 28.7 Å². The summed E-state index contributed by atoms with van der Waals surface area (Å²) in [6.45, 7) is 7.50. The van der Waals surface area contributed by atoms with E-state index in [0.717, 1.165) is 41.4 Å². The molecule has 2 aromatic heterocycles. The number of fused-ring (bicyclic) bond motifs is 8. The maximum absolute atomic E-state index is 12.2. The van der Waals surface area contributed by atoms with Gasteiger partial charge in [0.2, 0.25) is 5.79 Å². The number of H-pyrrole nitrogens is 1. The average Bonchev–Trinajstić information content (AvgIpc) is 3.69. The lowest BCUT2D eigenvalue weighted by molar-refractivity contribution is -0.662. The first-order chi connectivity index (χ1) is 19.1. The third kappa shape index (κ3) is 2.94. The molecule has 0 bridgehead atoms. The Balaban J connectivity index is 1.19. The fraction of sp³-hybridized carbons (Fsp3) is 0.690. The Morgan fingerprint density at radius 3 is 2.67 bits per heavy atom. The van der Waals surface area contributed by atoms with Gasteiger partial charge in [-0.15, -0.1) is 16.3 Å². The van der Waals surface area contributed by atoms with Gasteiger partial charge >= 0.3 is 5.95 Å². The van der Waals surface area contributed by atoms with Gasteiger partial charge in [-0.05, 0) is 71.9 Å². The average molecular weight is 635 g/mol. The van der Waals surface area contributed by atoms with E-state index in [9.17, 15) is 5.11 Å². The summed E-state index contributed by atoms with van der Waals surface area (Å²) >= 11 is 11.3. The van der Waals surface area contributed by atoms with Crippen molar-refractivity contribution in [1.82, 2.24) is 15.1 Å². The molecule has 9 nitrogen and oxygen atoms in total. The molecule has 0 amide bonds. The van der Waals surface area contributed by atoms with Crippen LogP contribution < -0.4 is 4.68 Å². The molecule has 2 spiro atoms. The number of alkyl halides is 1. The lowest BCUT2D eigenvalue weighted by Crippen LogP contribution is -2.71. The highest BCUT2D eigenvalue weighted by atomic mass is 79.9. The summed E-state index contributed by atoms with van der Waals surface area (Å²) in [6.07, 6.45) is 11.1. The molecule has 2 aromatic rings. The number of nitrogens with zero attached hydrogens (tertiary/aromatic N) is 3. The number of hydrogen-bond donors (Lipinski definition) is 2. The molecule has 0 radical (unpaired) electrons. The van der Waals surface area contributed by atoms with Crippen molar-refractivity contribution in [3.8, 4) is 5.95 Å². The zero-order valence-electron chi connectivity index (χ0n) is 23.0. The number of aromatic amines is 1. The van der Waals surface area contributed by atoms with Crippen molar-refractivity contribution >= 4 is 33.6 Å². The minimum absolute atomic E-state index is 0.109. The molecule has 4 aliphatic carbocycles. The van der Waals surface area contributed by atoms with Crippen molar-refractivity contribution in [2.45, 2.75) is 75.2 Å². The summed E-state index contributed by atoms with van der Waals surface area (Å²) in [6, 6.07) is 0. The predicted molar refractivity (Wildman–Crippen MR) is 147 cm³/mol. The van der Waals surface area contributed by atoms with E-state index in [4.69, 9.17) is 30.5 Å². The highest BCUT2D eigenvalue weighted by Crippen LogP contribution is 2.75. The van der Waals surface area contributed by atoms with Crippen LogP contribution in [0.2, 0.25) is 0 Å². The lowest BCUT2D eigenvalue weighted by atomic mass is 9.44. The van der Waals surface area contributed by atoms with Crippen LogP contribution in [-0.4, -0.2) is 62.7 Å². The van der Waals surface area contributed by atoms with Crippen molar-refractivity contribution in [2.75, 3.05) is 20.2 Å². The normalized spacial score (nSPS) is 47.2. The summed E-state index contributed by atoms with van der Waals surface area (Å²) < 4.78 is 27.4. The number of aromatic nitrogens is 4. The van der Waals surface area contributed by atoms with E-state index in [1.807, 2.05) is 4.68 Å². The number of aliphatic hydroxyl groups is 1. The van der Waals surface area contributed by atoms with Gasteiger partial charge in [-0.25, -0.2) is 5.10 Å². The fourth-order valence-corrected chi connectivity index (χ4v) is 10.9. The smallest absolute Gasteiger partial charge is 0.391 e.